The third kappa shape index (κ3) is 5.35. The van der Waals surface area contributed by atoms with Crippen LogP contribution >= 0.6 is 11.3 Å². The van der Waals surface area contributed by atoms with Gasteiger partial charge in [-0.25, -0.2) is 13.4 Å². The monoisotopic (exact) mass is 429 g/mol. The topological polar surface area (TPSA) is 119 Å². The molecule has 29 heavy (non-hydrogen) atoms. The maximum Gasteiger partial charge on any atom is 0.231 e. The molecule has 0 aliphatic rings. The second-order valence-electron chi connectivity index (χ2n) is 6.23. The normalized spacial score (nSPS) is 11.8. The summed E-state index contributed by atoms with van der Waals surface area (Å²) in [5.41, 5.74) is 2.19. The number of fused-ring (bicyclic) bond motifs is 1. The number of nitrogens with zero attached hydrogens (tertiary/aromatic N) is 5. The van der Waals surface area contributed by atoms with Crippen LogP contribution in [0.15, 0.2) is 57.6 Å². The summed E-state index contributed by atoms with van der Waals surface area (Å²) in [5.74, 6) is 0. The molecule has 0 unspecified atom stereocenters. The van der Waals surface area contributed by atoms with Crippen LogP contribution in [0.3, 0.4) is 0 Å². The number of nitriles is 1. The summed E-state index contributed by atoms with van der Waals surface area (Å²) in [6.45, 7) is 0.994. The lowest BCUT2D eigenvalue weighted by Crippen LogP contribution is -2.27. The van der Waals surface area contributed by atoms with Crippen LogP contribution in [0.4, 0.5) is 16.5 Å². The molecule has 0 spiro atoms. The minimum Gasteiger partial charge on any atom is -0.395 e. The van der Waals surface area contributed by atoms with Crippen LogP contribution in [0.25, 0.3) is 10.2 Å². The fraction of sp³-hybridized carbons (Fsp3) is 0.263. The molecule has 0 amide bonds. The number of hydrogen-bond acceptors (Lipinski definition) is 9. The van der Waals surface area contributed by atoms with Crippen LogP contribution in [0.2, 0.25) is 0 Å². The minimum atomic E-state index is -3.27. The van der Waals surface area contributed by atoms with Gasteiger partial charge in [0.25, 0.3) is 0 Å². The Hall–Kier alpha value is -2.87. The number of sulfone groups is 1. The summed E-state index contributed by atoms with van der Waals surface area (Å²) in [7, 11) is -3.27. The molecule has 0 bridgehead atoms. The first-order valence-electron chi connectivity index (χ1n) is 8.76. The molecule has 1 N–H and O–H groups in total. The molecule has 0 aliphatic carbocycles. The number of aromatic nitrogens is 1. The number of aliphatic hydroxyl groups excluding tert-OH is 1. The predicted octanol–water partition coefficient (Wildman–Crippen LogP) is 3.83. The molecule has 0 atom stereocenters. The number of thiazole rings is 1. The van der Waals surface area contributed by atoms with Crippen molar-refractivity contribution in [1.29, 1.82) is 5.26 Å². The summed E-state index contributed by atoms with van der Waals surface area (Å²) in [6, 6.07) is 14.2. The van der Waals surface area contributed by atoms with Gasteiger partial charge >= 0.3 is 0 Å². The number of azo groups is 1. The van der Waals surface area contributed by atoms with Crippen molar-refractivity contribution in [3.05, 3.63) is 42.5 Å². The van der Waals surface area contributed by atoms with Crippen LogP contribution in [0, 0.1) is 11.3 Å². The zero-order valence-electron chi connectivity index (χ0n) is 15.7. The van der Waals surface area contributed by atoms with Crippen molar-refractivity contribution in [2.24, 2.45) is 10.2 Å². The first-order chi connectivity index (χ1) is 13.9. The summed E-state index contributed by atoms with van der Waals surface area (Å²) in [6.07, 6.45) is 1.54. The van der Waals surface area contributed by atoms with Crippen LogP contribution in [-0.4, -0.2) is 44.5 Å². The lowest BCUT2D eigenvalue weighted by atomic mass is 10.2. The highest BCUT2D eigenvalue weighted by Crippen LogP contribution is 2.31. The molecule has 1 aromatic heterocycles. The lowest BCUT2D eigenvalue weighted by Gasteiger charge is -2.22. The van der Waals surface area contributed by atoms with Gasteiger partial charge in [-0.2, -0.15) is 5.26 Å². The molecule has 3 aromatic rings. The van der Waals surface area contributed by atoms with Crippen LogP contribution in [0.5, 0.6) is 0 Å². The summed E-state index contributed by atoms with van der Waals surface area (Å²) >= 11 is 1.27. The van der Waals surface area contributed by atoms with Gasteiger partial charge in [-0.05, 0) is 42.5 Å². The third-order valence-electron chi connectivity index (χ3n) is 4.11. The first-order valence-corrected chi connectivity index (χ1v) is 11.5. The van der Waals surface area contributed by atoms with E-state index in [-0.39, 0.29) is 11.5 Å². The highest BCUT2D eigenvalue weighted by atomic mass is 32.2. The van der Waals surface area contributed by atoms with E-state index in [2.05, 4.69) is 21.3 Å². The van der Waals surface area contributed by atoms with Crippen LogP contribution < -0.4 is 4.90 Å². The Kier molecular flexibility index (Phi) is 6.53. The molecular formula is C19H19N5O3S2. The standard InChI is InChI=1S/C19H19N5O3S2/c1-29(26,27)16-7-8-17-18(13-16)28-19(21-17)23-22-14-3-5-15(6-4-14)24(11-12-25)10-2-9-20/h3-8,13,25H,2,10-12H2,1H3. The van der Waals surface area contributed by atoms with E-state index in [1.807, 2.05) is 17.0 Å². The van der Waals surface area contributed by atoms with E-state index in [4.69, 9.17) is 5.26 Å². The van der Waals surface area contributed by atoms with Crippen LogP contribution in [0.1, 0.15) is 6.42 Å². The average Bonchev–Trinajstić information content (AvgIpc) is 3.11. The highest BCUT2D eigenvalue weighted by Gasteiger charge is 2.11. The predicted molar refractivity (Wildman–Crippen MR) is 113 cm³/mol. The van der Waals surface area contributed by atoms with Crippen molar-refractivity contribution in [3.8, 4) is 6.07 Å². The fourth-order valence-electron chi connectivity index (χ4n) is 2.67. The third-order valence-corrected chi connectivity index (χ3v) is 6.12. The Balaban J connectivity index is 1.76. The van der Waals surface area contributed by atoms with Crippen molar-refractivity contribution in [2.75, 3.05) is 30.9 Å². The van der Waals surface area contributed by atoms with Crippen molar-refractivity contribution in [3.63, 3.8) is 0 Å². The van der Waals surface area contributed by atoms with E-state index in [1.54, 1.807) is 24.3 Å². The Bertz CT molecular complexity index is 1160. The summed E-state index contributed by atoms with van der Waals surface area (Å²) < 4.78 is 24.1. The molecule has 150 valence electrons. The lowest BCUT2D eigenvalue weighted by molar-refractivity contribution is 0.302. The Labute approximate surface area is 172 Å². The number of rotatable bonds is 8. The molecule has 0 radical (unpaired) electrons. The Morgan fingerprint density at radius 1 is 1.17 bits per heavy atom. The van der Waals surface area contributed by atoms with Crippen molar-refractivity contribution in [1.82, 2.24) is 4.98 Å². The van der Waals surface area contributed by atoms with Crippen LogP contribution in [-0.2, 0) is 9.84 Å². The zero-order chi connectivity index (χ0) is 20.9. The Morgan fingerprint density at radius 2 is 1.93 bits per heavy atom. The second kappa shape index (κ2) is 9.09. The maximum atomic E-state index is 11.7. The molecular weight excluding hydrogens is 410 g/mol. The molecule has 8 nitrogen and oxygen atoms in total. The molecule has 10 heteroatoms. The van der Waals surface area contributed by atoms with Crippen molar-refractivity contribution >= 4 is 47.9 Å². The highest BCUT2D eigenvalue weighted by molar-refractivity contribution is 7.90. The van der Waals surface area contributed by atoms with E-state index in [9.17, 15) is 13.5 Å². The zero-order valence-corrected chi connectivity index (χ0v) is 17.3. The van der Waals surface area contributed by atoms with Gasteiger partial charge in [0, 0.05) is 25.0 Å². The molecule has 0 saturated heterocycles. The van der Waals surface area contributed by atoms with Crippen molar-refractivity contribution < 1.29 is 13.5 Å². The average molecular weight is 430 g/mol. The number of hydrogen-bond donors (Lipinski definition) is 1. The smallest absolute Gasteiger partial charge is 0.231 e. The van der Waals surface area contributed by atoms with Gasteiger partial charge in [0.05, 0.1) is 39.9 Å². The number of benzene rings is 2. The quantitative estimate of drug-likeness (QED) is 0.544. The summed E-state index contributed by atoms with van der Waals surface area (Å²) in [4.78, 5) is 6.53. The maximum absolute atomic E-state index is 11.7. The van der Waals surface area contributed by atoms with Gasteiger partial charge in [-0.3, -0.25) is 0 Å². The van der Waals surface area contributed by atoms with Gasteiger partial charge in [-0.1, -0.05) is 11.3 Å². The molecule has 0 saturated carbocycles. The molecule has 0 aliphatic heterocycles. The largest absolute Gasteiger partial charge is 0.395 e. The fourth-order valence-corrected chi connectivity index (χ4v) is 4.22. The van der Waals surface area contributed by atoms with Gasteiger partial charge in [0.2, 0.25) is 5.13 Å². The first kappa shape index (κ1) is 20.9. The molecule has 1 heterocycles. The van der Waals surface area contributed by atoms with E-state index >= 15 is 0 Å². The van der Waals surface area contributed by atoms with Gasteiger partial charge < -0.3 is 10.0 Å². The van der Waals surface area contributed by atoms with E-state index in [1.165, 1.54) is 23.7 Å². The number of anilines is 1. The minimum absolute atomic E-state index is 0.00550. The van der Waals surface area contributed by atoms with Crippen molar-refractivity contribution in [2.45, 2.75) is 11.3 Å². The van der Waals surface area contributed by atoms with E-state index < -0.39 is 9.84 Å². The summed E-state index contributed by atoms with van der Waals surface area (Å²) in [5, 5.41) is 26.7. The molecule has 3 rings (SSSR count). The second-order valence-corrected chi connectivity index (χ2v) is 9.26. The molecule has 2 aromatic carbocycles. The van der Waals surface area contributed by atoms with Gasteiger partial charge in [-0.15, -0.1) is 10.2 Å². The van der Waals surface area contributed by atoms with Gasteiger partial charge in [0.15, 0.2) is 9.84 Å². The van der Waals surface area contributed by atoms with E-state index in [0.29, 0.717) is 35.8 Å². The SMILES string of the molecule is CS(=O)(=O)c1ccc2nc(N=Nc3ccc(N(CCO)CCC#N)cc3)sc2c1. The van der Waals surface area contributed by atoms with Gasteiger partial charge in [0.1, 0.15) is 0 Å². The number of aliphatic hydroxyl groups is 1. The Morgan fingerprint density at radius 3 is 2.59 bits per heavy atom. The van der Waals surface area contributed by atoms with E-state index in [0.717, 1.165) is 10.4 Å². The molecule has 0 fully saturated rings.